The van der Waals surface area contributed by atoms with E-state index >= 15 is 0 Å². The van der Waals surface area contributed by atoms with Crippen molar-refractivity contribution in [1.29, 1.82) is 0 Å². The van der Waals surface area contributed by atoms with Gasteiger partial charge in [-0.15, -0.1) is 0 Å². The van der Waals surface area contributed by atoms with Crippen molar-refractivity contribution in [2.24, 2.45) is 0 Å². The first-order valence-corrected chi connectivity index (χ1v) is 6.38. The lowest BCUT2D eigenvalue weighted by Crippen LogP contribution is -2.15. The van der Waals surface area contributed by atoms with Crippen LogP contribution in [0.15, 0.2) is 42.5 Å². The fourth-order valence-corrected chi connectivity index (χ4v) is 2.74. The molecular formula is C16H18N2. The fraction of sp³-hybridized carbons (Fsp3) is 0.250. The Morgan fingerprint density at radius 1 is 1.00 bits per heavy atom. The van der Waals surface area contributed by atoms with E-state index in [0.29, 0.717) is 0 Å². The van der Waals surface area contributed by atoms with E-state index in [4.69, 9.17) is 0 Å². The molecule has 0 bridgehead atoms. The minimum atomic E-state index is 0.997. The van der Waals surface area contributed by atoms with E-state index < -0.39 is 0 Å². The van der Waals surface area contributed by atoms with Gasteiger partial charge in [-0.05, 0) is 35.7 Å². The van der Waals surface area contributed by atoms with Crippen LogP contribution in [0.1, 0.15) is 16.7 Å². The molecule has 2 nitrogen and oxygen atoms in total. The van der Waals surface area contributed by atoms with Crippen molar-refractivity contribution < 1.29 is 0 Å². The van der Waals surface area contributed by atoms with Crippen LogP contribution in [0.2, 0.25) is 0 Å². The molecule has 1 N–H and O–H groups in total. The molecule has 2 aromatic rings. The number of hydrogen-bond acceptors (Lipinski definition) is 2. The van der Waals surface area contributed by atoms with Gasteiger partial charge in [0, 0.05) is 31.5 Å². The van der Waals surface area contributed by atoms with Crippen LogP contribution in [0.3, 0.4) is 0 Å². The van der Waals surface area contributed by atoms with Crippen molar-refractivity contribution in [3.05, 3.63) is 59.2 Å². The van der Waals surface area contributed by atoms with Crippen molar-refractivity contribution in [3.63, 3.8) is 0 Å². The summed E-state index contributed by atoms with van der Waals surface area (Å²) in [6.45, 7) is 4.18. The Bertz CT molecular complexity index is 575. The van der Waals surface area contributed by atoms with Crippen LogP contribution in [0.5, 0.6) is 0 Å². The molecule has 1 heterocycles. The van der Waals surface area contributed by atoms with Gasteiger partial charge in [0.25, 0.3) is 0 Å². The van der Waals surface area contributed by atoms with E-state index in [1.165, 1.54) is 28.1 Å². The van der Waals surface area contributed by atoms with Gasteiger partial charge in [-0.2, -0.15) is 0 Å². The topological polar surface area (TPSA) is 15.3 Å². The summed E-state index contributed by atoms with van der Waals surface area (Å²) in [5.74, 6) is 0. The SMILES string of the molecule is CNc1cccc2c1CN(c1ccccc1C)C2. The highest BCUT2D eigenvalue weighted by Gasteiger charge is 2.22. The summed E-state index contributed by atoms with van der Waals surface area (Å²) in [5, 5.41) is 3.29. The molecule has 92 valence electrons. The largest absolute Gasteiger partial charge is 0.388 e. The van der Waals surface area contributed by atoms with Gasteiger partial charge in [-0.3, -0.25) is 0 Å². The number of nitrogens with one attached hydrogen (secondary N) is 1. The number of fused-ring (bicyclic) bond motifs is 1. The third kappa shape index (κ3) is 1.74. The van der Waals surface area contributed by atoms with Crippen LogP contribution in [-0.2, 0) is 13.1 Å². The fourth-order valence-electron chi connectivity index (χ4n) is 2.74. The summed E-state index contributed by atoms with van der Waals surface area (Å²) >= 11 is 0. The van der Waals surface area contributed by atoms with Crippen molar-refractivity contribution in [1.82, 2.24) is 0 Å². The summed E-state index contributed by atoms with van der Waals surface area (Å²) in [7, 11) is 1.99. The van der Waals surface area contributed by atoms with Gasteiger partial charge >= 0.3 is 0 Å². The third-order valence-electron chi connectivity index (χ3n) is 3.71. The van der Waals surface area contributed by atoms with Crippen molar-refractivity contribution in [3.8, 4) is 0 Å². The summed E-state index contributed by atoms with van der Waals surface area (Å²) < 4.78 is 0. The molecule has 0 radical (unpaired) electrons. The number of anilines is 2. The maximum absolute atomic E-state index is 3.29. The first kappa shape index (κ1) is 11.1. The second-order valence-electron chi connectivity index (χ2n) is 4.84. The van der Waals surface area contributed by atoms with Crippen LogP contribution >= 0.6 is 0 Å². The Morgan fingerprint density at radius 3 is 2.61 bits per heavy atom. The Kier molecular flexibility index (Phi) is 2.71. The number of aryl methyl sites for hydroxylation is 1. The number of para-hydroxylation sites is 1. The van der Waals surface area contributed by atoms with E-state index in [0.717, 1.165) is 13.1 Å². The highest BCUT2D eigenvalue weighted by Crippen LogP contribution is 2.33. The molecule has 1 aliphatic rings. The molecule has 0 fully saturated rings. The number of hydrogen-bond donors (Lipinski definition) is 1. The van der Waals surface area contributed by atoms with Gasteiger partial charge < -0.3 is 10.2 Å². The normalized spacial score (nSPS) is 13.6. The van der Waals surface area contributed by atoms with Crippen molar-refractivity contribution in [2.45, 2.75) is 20.0 Å². The molecule has 2 heteroatoms. The van der Waals surface area contributed by atoms with E-state index in [1.54, 1.807) is 0 Å². The van der Waals surface area contributed by atoms with E-state index in [2.05, 4.69) is 59.6 Å². The highest BCUT2D eigenvalue weighted by molar-refractivity contribution is 5.63. The lowest BCUT2D eigenvalue weighted by Gasteiger charge is -2.20. The number of benzene rings is 2. The Morgan fingerprint density at radius 2 is 1.83 bits per heavy atom. The highest BCUT2D eigenvalue weighted by atomic mass is 15.1. The van der Waals surface area contributed by atoms with Gasteiger partial charge in [0.2, 0.25) is 0 Å². The second kappa shape index (κ2) is 4.37. The maximum atomic E-state index is 3.29. The van der Waals surface area contributed by atoms with Crippen LogP contribution in [0, 0.1) is 6.92 Å². The zero-order valence-corrected chi connectivity index (χ0v) is 10.9. The standard InChI is InChI=1S/C16H18N2/c1-12-6-3-4-9-16(12)18-10-13-7-5-8-15(17-2)14(13)11-18/h3-9,17H,10-11H2,1-2H3. The number of rotatable bonds is 2. The lowest BCUT2D eigenvalue weighted by atomic mass is 10.1. The van der Waals surface area contributed by atoms with Crippen LogP contribution in [0.4, 0.5) is 11.4 Å². The average Bonchev–Trinajstić information content (AvgIpc) is 2.82. The van der Waals surface area contributed by atoms with Gasteiger partial charge in [0.05, 0.1) is 0 Å². The molecule has 0 atom stereocenters. The Balaban J connectivity index is 1.96. The second-order valence-corrected chi connectivity index (χ2v) is 4.84. The van der Waals surface area contributed by atoms with Crippen molar-refractivity contribution >= 4 is 11.4 Å². The summed E-state index contributed by atoms with van der Waals surface area (Å²) in [4.78, 5) is 2.45. The first-order valence-electron chi connectivity index (χ1n) is 6.38. The zero-order chi connectivity index (χ0) is 12.5. The molecule has 0 amide bonds. The van der Waals surface area contributed by atoms with E-state index in [9.17, 15) is 0 Å². The molecule has 0 saturated carbocycles. The summed E-state index contributed by atoms with van der Waals surface area (Å²) in [6.07, 6.45) is 0. The maximum Gasteiger partial charge on any atom is 0.0457 e. The smallest absolute Gasteiger partial charge is 0.0457 e. The molecule has 1 aliphatic heterocycles. The quantitative estimate of drug-likeness (QED) is 0.860. The van der Waals surface area contributed by atoms with Gasteiger partial charge in [0.15, 0.2) is 0 Å². The molecule has 0 spiro atoms. The van der Waals surface area contributed by atoms with Gasteiger partial charge in [0.1, 0.15) is 0 Å². The molecule has 3 rings (SSSR count). The first-order chi connectivity index (χ1) is 8.79. The third-order valence-corrected chi connectivity index (χ3v) is 3.71. The van der Waals surface area contributed by atoms with E-state index in [1.807, 2.05) is 7.05 Å². The lowest BCUT2D eigenvalue weighted by molar-refractivity contribution is 0.875. The van der Waals surface area contributed by atoms with Gasteiger partial charge in [-0.1, -0.05) is 30.3 Å². The van der Waals surface area contributed by atoms with Crippen molar-refractivity contribution in [2.75, 3.05) is 17.3 Å². The molecule has 0 aliphatic carbocycles. The average molecular weight is 238 g/mol. The monoisotopic (exact) mass is 238 g/mol. The summed E-state index contributed by atoms with van der Waals surface area (Å²) in [6, 6.07) is 15.1. The van der Waals surface area contributed by atoms with Crippen LogP contribution < -0.4 is 10.2 Å². The molecule has 0 saturated heterocycles. The molecule has 2 aromatic carbocycles. The molecule has 18 heavy (non-hydrogen) atoms. The van der Waals surface area contributed by atoms with Crippen LogP contribution in [-0.4, -0.2) is 7.05 Å². The Labute approximate surface area is 108 Å². The Hall–Kier alpha value is -1.96. The minimum absolute atomic E-state index is 0.997. The van der Waals surface area contributed by atoms with Crippen LogP contribution in [0.25, 0.3) is 0 Å². The minimum Gasteiger partial charge on any atom is -0.388 e. The molecule has 0 aromatic heterocycles. The van der Waals surface area contributed by atoms with E-state index in [-0.39, 0.29) is 0 Å². The zero-order valence-electron chi connectivity index (χ0n) is 10.9. The predicted octanol–water partition coefficient (Wildman–Crippen LogP) is 3.56. The van der Waals surface area contributed by atoms with Gasteiger partial charge in [-0.25, -0.2) is 0 Å². The number of nitrogens with zero attached hydrogens (tertiary/aromatic N) is 1. The summed E-state index contributed by atoms with van der Waals surface area (Å²) in [5.41, 5.74) is 6.81. The molecular weight excluding hydrogens is 220 g/mol. The molecule has 0 unspecified atom stereocenters. The predicted molar refractivity (Wildman–Crippen MR) is 77.1 cm³/mol.